The molecule has 2 heterocycles. The van der Waals surface area contributed by atoms with E-state index in [0.29, 0.717) is 6.04 Å². The van der Waals surface area contributed by atoms with E-state index < -0.39 is 0 Å². The van der Waals surface area contributed by atoms with Crippen LogP contribution < -0.4 is 5.32 Å². The van der Waals surface area contributed by atoms with Crippen LogP contribution in [0.25, 0.3) is 0 Å². The molecule has 0 spiro atoms. The van der Waals surface area contributed by atoms with Gasteiger partial charge in [0.25, 0.3) is 0 Å². The standard InChI is InChI=1S/C15H24N2S/c1-16-11-13-5-2-3-9-17(13)15(12-7-8-12)14-6-4-10-18-14/h4,6,10,12-13,15-16H,2-3,5,7-9,11H2,1H3. The first kappa shape index (κ1) is 12.6. The van der Waals surface area contributed by atoms with E-state index in [1.807, 2.05) is 11.3 Å². The highest BCUT2D eigenvalue weighted by atomic mass is 32.1. The summed E-state index contributed by atoms with van der Waals surface area (Å²) in [4.78, 5) is 4.41. The molecule has 1 N–H and O–H groups in total. The summed E-state index contributed by atoms with van der Waals surface area (Å²) in [5.74, 6) is 0.932. The van der Waals surface area contributed by atoms with Gasteiger partial charge in [0.15, 0.2) is 0 Å². The van der Waals surface area contributed by atoms with Crippen LogP contribution in [0.4, 0.5) is 0 Å². The molecule has 18 heavy (non-hydrogen) atoms. The Hall–Kier alpha value is -0.380. The maximum absolute atomic E-state index is 3.39. The zero-order valence-corrected chi connectivity index (χ0v) is 12.1. The number of likely N-dealkylation sites (tertiary alicyclic amines) is 1. The summed E-state index contributed by atoms with van der Waals surface area (Å²) in [6.07, 6.45) is 7.03. The van der Waals surface area contributed by atoms with Crippen LogP contribution >= 0.6 is 11.3 Å². The van der Waals surface area contributed by atoms with Gasteiger partial charge in [-0.2, -0.15) is 0 Å². The van der Waals surface area contributed by atoms with Gasteiger partial charge < -0.3 is 5.32 Å². The summed E-state index contributed by atoms with van der Waals surface area (Å²) in [6.45, 7) is 2.44. The second-order valence-electron chi connectivity index (χ2n) is 5.74. The Balaban J connectivity index is 1.79. The van der Waals surface area contributed by atoms with Gasteiger partial charge in [-0.15, -0.1) is 11.3 Å². The molecule has 0 bridgehead atoms. The molecule has 1 saturated heterocycles. The van der Waals surface area contributed by atoms with E-state index in [0.717, 1.165) is 18.5 Å². The summed E-state index contributed by atoms with van der Waals surface area (Å²) in [7, 11) is 2.09. The third-order valence-electron chi connectivity index (χ3n) is 4.37. The van der Waals surface area contributed by atoms with Crippen molar-refractivity contribution in [1.82, 2.24) is 10.2 Å². The quantitative estimate of drug-likeness (QED) is 0.878. The first-order chi connectivity index (χ1) is 8.90. The topological polar surface area (TPSA) is 15.3 Å². The number of likely N-dealkylation sites (N-methyl/N-ethyl adjacent to an activating group) is 1. The molecule has 1 aliphatic carbocycles. The largest absolute Gasteiger partial charge is 0.318 e. The third-order valence-corrected chi connectivity index (χ3v) is 5.32. The minimum atomic E-state index is 0.712. The normalized spacial score (nSPS) is 27.3. The van der Waals surface area contributed by atoms with Crippen LogP contribution in [0.15, 0.2) is 17.5 Å². The molecule has 0 radical (unpaired) electrons. The lowest BCUT2D eigenvalue weighted by Gasteiger charge is -2.41. The zero-order chi connectivity index (χ0) is 12.4. The average molecular weight is 264 g/mol. The number of hydrogen-bond donors (Lipinski definition) is 1. The maximum Gasteiger partial charge on any atom is 0.0473 e. The molecule has 2 aliphatic rings. The molecule has 2 fully saturated rings. The first-order valence-electron chi connectivity index (χ1n) is 7.34. The predicted octanol–water partition coefficient (Wildman–Crippen LogP) is 3.27. The van der Waals surface area contributed by atoms with Crippen molar-refractivity contribution in [3.63, 3.8) is 0 Å². The summed E-state index contributed by atoms with van der Waals surface area (Å²) in [6, 6.07) is 6.02. The highest BCUT2D eigenvalue weighted by Crippen LogP contribution is 2.47. The Bertz CT molecular complexity index is 357. The Morgan fingerprint density at radius 3 is 2.94 bits per heavy atom. The molecule has 2 unspecified atom stereocenters. The molecule has 1 aromatic rings. The van der Waals surface area contributed by atoms with Crippen molar-refractivity contribution in [2.45, 2.75) is 44.2 Å². The predicted molar refractivity (Wildman–Crippen MR) is 78.1 cm³/mol. The molecule has 2 nitrogen and oxygen atoms in total. The molecule has 1 aliphatic heterocycles. The molecule has 0 aromatic carbocycles. The van der Waals surface area contributed by atoms with E-state index in [4.69, 9.17) is 0 Å². The number of rotatable bonds is 5. The fourth-order valence-corrected chi connectivity index (χ4v) is 4.32. The number of nitrogens with one attached hydrogen (secondary N) is 1. The van der Waals surface area contributed by atoms with Crippen molar-refractivity contribution in [2.75, 3.05) is 20.1 Å². The van der Waals surface area contributed by atoms with Gasteiger partial charge in [0.05, 0.1) is 0 Å². The minimum absolute atomic E-state index is 0.712. The molecule has 3 heteroatoms. The average Bonchev–Trinajstić information content (AvgIpc) is 3.07. The molecular weight excluding hydrogens is 240 g/mol. The summed E-state index contributed by atoms with van der Waals surface area (Å²) >= 11 is 1.95. The van der Waals surface area contributed by atoms with E-state index in [1.54, 1.807) is 4.88 Å². The SMILES string of the molecule is CNCC1CCCCN1C(c1cccs1)C1CC1. The van der Waals surface area contributed by atoms with Crippen molar-refractivity contribution in [3.05, 3.63) is 22.4 Å². The second kappa shape index (κ2) is 5.72. The smallest absolute Gasteiger partial charge is 0.0473 e. The van der Waals surface area contributed by atoms with Gasteiger partial charge in [0, 0.05) is 23.5 Å². The second-order valence-corrected chi connectivity index (χ2v) is 6.72. The van der Waals surface area contributed by atoms with Crippen molar-refractivity contribution < 1.29 is 0 Å². The Morgan fingerprint density at radius 1 is 1.39 bits per heavy atom. The van der Waals surface area contributed by atoms with Gasteiger partial charge in [-0.3, -0.25) is 4.90 Å². The molecule has 1 saturated carbocycles. The third kappa shape index (κ3) is 2.63. The Labute approximate surface area is 114 Å². The van der Waals surface area contributed by atoms with Gasteiger partial charge in [0.1, 0.15) is 0 Å². The van der Waals surface area contributed by atoms with Crippen LogP contribution in [0.5, 0.6) is 0 Å². The van der Waals surface area contributed by atoms with E-state index >= 15 is 0 Å². The van der Waals surface area contributed by atoms with E-state index in [1.165, 1.54) is 38.6 Å². The molecular formula is C15H24N2S. The number of nitrogens with zero attached hydrogens (tertiary/aromatic N) is 1. The lowest BCUT2D eigenvalue weighted by Crippen LogP contribution is -2.47. The van der Waals surface area contributed by atoms with Crippen LogP contribution in [0, 0.1) is 5.92 Å². The molecule has 0 amide bonds. The highest BCUT2D eigenvalue weighted by Gasteiger charge is 2.40. The molecule has 2 atom stereocenters. The molecule has 100 valence electrons. The van der Waals surface area contributed by atoms with Gasteiger partial charge in [-0.05, 0) is 56.6 Å². The van der Waals surface area contributed by atoms with Crippen LogP contribution in [0.3, 0.4) is 0 Å². The summed E-state index contributed by atoms with van der Waals surface area (Å²) < 4.78 is 0. The number of thiophene rings is 1. The maximum atomic E-state index is 3.39. The zero-order valence-electron chi connectivity index (χ0n) is 11.3. The Morgan fingerprint density at radius 2 is 2.28 bits per heavy atom. The fourth-order valence-electron chi connectivity index (χ4n) is 3.38. The van der Waals surface area contributed by atoms with E-state index in [2.05, 4.69) is 34.8 Å². The first-order valence-corrected chi connectivity index (χ1v) is 8.22. The monoisotopic (exact) mass is 264 g/mol. The highest BCUT2D eigenvalue weighted by molar-refractivity contribution is 7.10. The van der Waals surface area contributed by atoms with Crippen LogP contribution in [0.2, 0.25) is 0 Å². The van der Waals surface area contributed by atoms with Crippen molar-refractivity contribution in [2.24, 2.45) is 5.92 Å². The van der Waals surface area contributed by atoms with Crippen LogP contribution in [0.1, 0.15) is 43.0 Å². The van der Waals surface area contributed by atoms with Gasteiger partial charge in [-0.1, -0.05) is 12.5 Å². The lowest BCUT2D eigenvalue weighted by molar-refractivity contribution is 0.0840. The number of piperidine rings is 1. The van der Waals surface area contributed by atoms with E-state index in [-0.39, 0.29) is 0 Å². The van der Waals surface area contributed by atoms with Crippen molar-refractivity contribution in [3.8, 4) is 0 Å². The minimum Gasteiger partial charge on any atom is -0.318 e. The van der Waals surface area contributed by atoms with E-state index in [9.17, 15) is 0 Å². The fraction of sp³-hybridized carbons (Fsp3) is 0.733. The summed E-state index contributed by atoms with van der Waals surface area (Å²) in [5.41, 5.74) is 0. The Kier molecular flexibility index (Phi) is 4.02. The van der Waals surface area contributed by atoms with Crippen molar-refractivity contribution >= 4 is 11.3 Å². The molecule has 3 rings (SSSR count). The molecule has 1 aromatic heterocycles. The van der Waals surface area contributed by atoms with Crippen molar-refractivity contribution in [1.29, 1.82) is 0 Å². The van der Waals surface area contributed by atoms with Crippen LogP contribution in [-0.2, 0) is 0 Å². The number of hydrogen-bond acceptors (Lipinski definition) is 3. The lowest BCUT2D eigenvalue weighted by atomic mass is 9.97. The summed E-state index contributed by atoms with van der Waals surface area (Å²) in [5, 5.41) is 5.63. The van der Waals surface area contributed by atoms with Gasteiger partial charge >= 0.3 is 0 Å². The van der Waals surface area contributed by atoms with Crippen LogP contribution in [-0.4, -0.2) is 31.1 Å². The van der Waals surface area contributed by atoms with Gasteiger partial charge in [0.2, 0.25) is 0 Å². The van der Waals surface area contributed by atoms with Gasteiger partial charge in [-0.25, -0.2) is 0 Å².